The van der Waals surface area contributed by atoms with Crippen molar-refractivity contribution in [1.29, 1.82) is 0 Å². The third kappa shape index (κ3) is 3.54. The Kier molecular flexibility index (Phi) is 4.30. The number of aryl methyl sites for hydroxylation is 1. The number of rotatable bonds is 5. The van der Waals surface area contributed by atoms with Gasteiger partial charge in [0.1, 0.15) is 11.5 Å². The van der Waals surface area contributed by atoms with Gasteiger partial charge in [-0.3, -0.25) is 4.79 Å². The number of nitrogens with zero attached hydrogens (tertiary/aromatic N) is 1. The largest absolute Gasteiger partial charge is 0.504 e. The van der Waals surface area contributed by atoms with Gasteiger partial charge in [0.2, 0.25) is 0 Å². The summed E-state index contributed by atoms with van der Waals surface area (Å²) >= 11 is 0. The number of hydrogen-bond acceptors (Lipinski definition) is 4. The van der Waals surface area contributed by atoms with Crippen LogP contribution in [0.2, 0.25) is 0 Å². The van der Waals surface area contributed by atoms with Crippen LogP contribution >= 0.6 is 0 Å². The number of para-hydroxylation sites is 2. The van der Waals surface area contributed by atoms with E-state index in [0.29, 0.717) is 12.3 Å². The molecule has 0 saturated carbocycles. The lowest BCUT2D eigenvalue weighted by atomic mass is 10.3. The summed E-state index contributed by atoms with van der Waals surface area (Å²) in [6.45, 7) is 2.11. The van der Waals surface area contributed by atoms with Crippen molar-refractivity contribution in [1.82, 2.24) is 4.90 Å². The first-order chi connectivity index (χ1) is 9.56. The highest BCUT2D eigenvalue weighted by Gasteiger charge is 2.12. The molecule has 20 heavy (non-hydrogen) atoms. The molecule has 5 heteroatoms. The summed E-state index contributed by atoms with van der Waals surface area (Å²) in [4.78, 5) is 13.4. The van der Waals surface area contributed by atoms with E-state index >= 15 is 0 Å². The van der Waals surface area contributed by atoms with Gasteiger partial charge in [-0.2, -0.15) is 0 Å². The van der Waals surface area contributed by atoms with Crippen LogP contribution in [-0.2, 0) is 11.3 Å². The molecule has 0 saturated heterocycles. The minimum absolute atomic E-state index is 0.0182. The molecule has 0 radical (unpaired) electrons. The van der Waals surface area contributed by atoms with E-state index in [-0.39, 0.29) is 18.3 Å². The molecular formula is C15H17NO4. The Morgan fingerprint density at radius 3 is 2.70 bits per heavy atom. The Morgan fingerprint density at radius 2 is 2.05 bits per heavy atom. The quantitative estimate of drug-likeness (QED) is 0.909. The average Bonchev–Trinajstić information content (AvgIpc) is 2.82. The van der Waals surface area contributed by atoms with Crippen molar-refractivity contribution < 1.29 is 19.1 Å². The Morgan fingerprint density at radius 1 is 1.30 bits per heavy atom. The molecule has 1 amide bonds. The fourth-order valence-electron chi connectivity index (χ4n) is 1.72. The molecule has 0 atom stereocenters. The third-order valence-electron chi connectivity index (χ3n) is 2.83. The molecule has 0 bridgehead atoms. The molecule has 0 spiro atoms. The molecule has 5 nitrogen and oxygen atoms in total. The molecule has 1 aromatic heterocycles. The summed E-state index contributed by atoms with van der Waals surface area (Å²) in [5, 5.41) is 9.54. The van der Waals surface area contributed by atoms with Crippen LogP contribution in [0.4, 0.5) is 0 Å². The van der Waals surface area contributed by atoms with E-state index < -0.39 is 0 Å². The van der Waals surface area contributed by atoms with Crippen molar-refractivity contribution in [2.24, 2.45) is 0 Å². The topological polar surface area (TPSA) is 62.9 Å². The first kappa shape index (κ1) is 14.0. The minimum Gasteiger partial charge on any atom is -0.504 e. The van der Waals surface area contributed by atoms with Gasteiger partial charge in [-0.05, 0) is 31.2 Å². The van der Waals surface area contributed by atoms with E-state index in [4.69, 9.17) is 9.15 Å². The summed E-state index contributed by atoms with van der Waals surface area (Å²) in [5.74, 6) is 1.65. The second kappa shape index (κ2) is 6.14. The van der Waals surface area contributed by atoms with Crippen molar-refractivity contribution in [3.63, 3.8) is 0 Å². The third-order valence-corrected chi connectivity index (χ3v) is 2.83. The van der Waals surface area contributed by atoms with Crippen LogP contribution in [-0.4, -0.2) is 29.6 Å². The Labute approximate surface area is 117 Å². The Hall–Kier alpha value is -2.43. The second-order valence-corrected chi connectivity index (χ2v) is 4.52. The molecule has 0 aliphatic rings. The van der Waals surface area contributed by atoms with Gasteiger partial charge in [-0.1, -0.05) is 12.1 Å². The molecule has 1 heterocycles. The summed E-state index contributed by atoms with van der Waals surface area (Å²) in [7, 11) is 1.67. The zero-order valence-electron chi connectivity index (χ0n) is 11.5. The van der Waals surface area contributed by atoms with Gasteiger partial charge in [0.15, 0.2) is 18.1 Å². The molecule has 2 rings (SSSR count). The molecule has 1 N–H and O–H groups in total. The van der Waals surface area contributed by atoms with Crippen molar-refractivity contribution >= 4 is 5.91 Å². The SMILES string of the molecule is Cc1ccc(CN(C)C(=O)COc2ccccc2O)o1. The fourth-order valence-corrected chi connectivity index (χ4v) is 1.72. The fraction of sp³-hybridized carbons (Fsp3) is 0.267. The second-order valence-electron chi connectivity index (χ2n) is 4.52. The maximum absolute atomic E-state index is 11.9. The van der Waals surface area contributed by atoms with E-state index in [1.54, 1.807) is 25.2 Å². The minimum atomic E-state index is -0.192. The number of ether oxygens (including phenoxy) is 1. The molecule has 106 valence electrons. The van der Waals surface area contributed by atoms with E-state index in [1.165, 1.54) is 11.0 Å². The lowest BCUT2D eigenvalue weighted by Crippen LogP contribution is -2.30. The standard InChI is InChI=1S/C15H17NO4/c1-11-7-8-12(20-11)9-16(2)15(18)10-19-14-6-4-3-5-13(14)17/h3-8,17H,9-10H2,1-2H3. The van der Waals surface area contributed by atoms with Gasteiger partial charge >= 0.3 is 0 Å². The monoisotopic (exact) mass is 275 g/mol. The normalized spacial score (nSPS) is 10.3. The van der Waals surface area contributed by atoms with Crippen LogP contribution in [0, 0.1) is 6.92 Å². The Bertz CT molecular complexity index is 591. The highest BCUT2D eigenvalue weighted by atomic mass is 16.5. The van der Waals surface area contributed by atoms with E-state index in [9.17, 15) is 9.90 Å². The van der Waals surface area contributed by atoms with Crippen LogP contribution < -0.4 is 4.74 Å². The van der Waals surface area contributed by atoms with Crippen molar-refractivity contribution in [2.75, 3.05) is 13.7 Å². The summed E-state index contributed by atoms with van der Waals surface area (Å²) in [6, 6.07) is 10.2. The van der Waals surface area contributed by atoms with Gasteiger partial charge in [0.05, 0.1) is 6.54 Å². The Balaban J connectivity index is 1.87. The number of carbonyl (C=O) groups is 1. The molecule has 2 aromatic rings. The van der Waals surface area contributed by atoms with E-state index in [0.717, 1.165) is 11.5 Å². The van der Waals surface area contributed by atoms with Crippen molar-refractivity contribution in [3.8, 4) is 11.5 Å². The number of aromatic hydroxyl groups is 1. The lowest BCUT2D eigenvalue weighted by molar-refractivity contribution is -0.132. The molecule has 0 fully saturated rings. The van der Waals surface area contributed by atoms with Gasteiger partial charge in [0, 0.05) is 7.05 Å². The van der Waals surface area contributed by atoms with Crippen LogP contribution in [0.3, 0.4) is 0 Å². The summed E-state index contributed by atoms with van der Waals surface area (Å²) in [5.41, 5.74) is 0. The van der Waals surface area contributed by atoms with E-state index in [2.05, 4.69) is 0 Å². The first-order valence-electron chi connectivity index (χ1n) is 6.26. The van der Waals surface area contributed by atoms with E-state index in [1.807, 2.05) is 19.1 Å². The highest BCUT2D eigenvalue weighted by molar-refractivity contribution is 5.77. The van der Waals surface area contributed by atoms with Crippen molar-refractivity contribution in [3.05, 3.63) is 47.9 Å². The molecule has 1 aromatic carbocycles. The molecule has 0 unspecified atom stereocenters. The average molecular weight is 275 g/mol. The number of phenolic OH excluding ortho intramolecular Hbond substituents is 1. The number of carbonyl (C=O) groups excluding carboxylic acids is 1. The van der Waals surface area contributed by atoms with Crippen LogP contribution in [0.5, 0.6) is 11.5 Å². The van der Waals surface area contributed by atoms with Gasteiger partial charge < -0.3 is 19.2 Å². The number of phenols is 1. The van der Waals surface area contributed by atoms with Crippen molar-refractivity contribution in [2.45, 2.75) is 13.5 Å². The first-order valence-corrected chi connectivity index (χ1v) is 6.26. The molecular weight excluding hydrogens is 258 g/mol. The summed E-state index contributed by atoms with van der Waals surface area (Å²) < 4.78 is 10.7. The molecule has 0 aliphatic carbocycles. The number of benzene rings is 1. The predicted octanol–water partition coefficient (Wildman–Crippen LogP) is 2.33. The maximum atomic E-state index is 11.9. The van der Waals surface area contributed by atoms with Crippen LogP contribution in [0.1, 0.15) is 11.5 Å². The predicted molar refractivity (Wildman–Crippen MR) is 73.5 cm³/mol. The van der Waals surface area contributed by atoms with Gasteiger partial charge in [-0.15, -0.1) is 0 Å². The summed E-state index contributed by atoms with van der Waals surface area (Å²) in [6.07, 6.45) is 0. The van der Waals surface area contributed by atoms with Gasteiger partial charge in [-0.25, -0.2) is 0 Å². The maximum Gasteiger partial charge on any atom is 0.260 e. The zero-order chi connectivity index (χ0) is 14.5. The number of furan rings is 1. The lowest BCUT2D eigenvalue weighted by Gasteiger charge is -2.16. The van der Waals surface area contributed by atoms with Crippen LogP contribution in [0.25, 0.3) is 0 Å². The smallest absolute Gasteiger partial charge is 0.260 e. The highest BCUT2D eigenvalue weighted by Crippen LogP contribution is 2.24. The van der Waals surface area contributed by atoms with Crippen LogP contribution in [0.15, 0.2) is 40.8 Å². The number of hydrogen-bond donors (Lipinski definition) is 1. The number of amides is 1. The molecule has 0 aliphatic heterocycles. The van der Waals surface area contributed by atoms with Gasteiger partial charge in [0.25, 0.3) is 5.91 Å². The zero-order valence-corrected chi connectivity index (χ0v) is 11.5. The number of likely N-dealkylation sites (N-methyl/N-ethyl adjacent to an activating group) is 1.